The second-order valence-corrected chi connectivity index (χ2v) is 5.97. The van der Waals surface area contributed by atoms with Crippen LogP contribution in [0.15, 0.2) is 42.7 Å². The summed E-state index contributed by atoms with van der Waals surface area (Å²) in [6.45, 7) is 3.57. The van der Waals surface area contributed by atoms with E-state index < -0.39 is 0 Å². The normalized spacial score (nSPS) is 18.0. The van der Waals surface area contributed by atoms with Crippen LogP contribution >= 0.6 is 0 Å². The Kier molecular flexibility index (Phi) is 3.74. The minimum Gasteiger partial charge on any atom is -0.377 e. The molecule has 3 aromatic rings. The molecule has 1 amide bonds. The second-order valence-electron chi connectivity index (χ2n) is 5.97. The maximum Gasteiger partial charge on any atom is 0.254 e. The van der Waals surface area contributed by atoms with E-state index >= 15 is 0 Å². The fourth-order valence-electron chi connectivity index (χ4n) is 3.15. The fourth-order valence-corrected chi connectivity index (χ4v) is 3.15. The molecule has 1 aliphatic rings. The van der Waals surface area contributed by atoms with Crippen molar-refractivity contribution in [1.29, 1.82) is 0 Å². The van der Waals surface area contributed by atoms with Gasteiger partial charge in [-0.15, -0.1) is 0 Å². The molecule has 24 heavy (non-hydrogen) atoms. The molecule has 6 heteroatoms. The number of nitrogens with zero attached hydrogens (tertiary/aromatic N) is 3. The molecule has 0 spiro atoms. The first-order chi connectivity index (χ1) is 11.7. The van der Waals surface area contributed by atoms with Gasteiger partial charge in [0.25, 0.3) is 5.91 Å². The molecular formula is C18H18N4O2. The molecule has 6 nitrogen and oxygen atoms in total. The SMILES string of the molecule is Cc1cn[nH]c1[C@@H]1COCCN1C(=O)c1ccc2ncccc2c1. The van der Waals surface area contributed by atoms with E-state index in [0.717, 1.165) is 22.2 Å². The van der Waals surface area contributed by atoms with Gasteiger partial charge in [0.1, 0.15) is 0 Å². The molecule has 1 fully saturated rings. The van der Waals surface area contributed by atoms with Crippen LogP contribution in [0.25, 0.3) is 10.9 Å². The van der Waals surface area contributed by atoms with Crippen molar-refractivity contribution in [3.63, 3.8) is 0 Å². The number of amides is 1. The summed E-state index contributed by atoms with van der Waals surface area (Å²) in [4.78, 5) is 19.2. The molecule has 1 aliphatic heterocycles. The van der Waals surface area contributed by atoms with Crippen LogP contribution in [0.4, 0.5) is 0 Å². The summed E-state index contributed by atoms with van der Waals surface area (Å²) in [5.41, 5.74) is 3.52. The van der Waals surface area contributed by atoms with Crippen molar-refractivity contribution in [3.8, 4) is 0 Å². The van der Waals surface area contributed by atoms with Crippen LogP contribution in [0.1, 0.15) is 27.7 Å². The number of hydrogen-bond acceptors (Lipinski definition) is 4. The highest BCUT2D eigenvalue weighted by Gasteiger charge is 2.31. The molecule has 122 valence electrons. The van der Waals surface area contributed by atoms with E-state index in [0.29, 0.717) is 25.3 Å². The molecule has 4 rings (SSSR count). The van der Waals surface area contributed by atoms with Crippen LogP contribution in [-0.2, 0) is 4.74 Å². The first-order valence-electron chi connectivity index (χ1n) is 7.97. The Hall–Kier alpha value is -2.73. The van der Waals surface area contributed by atoms with Gasteiger partial charge in [-0.2, -0.15) is 5.10 Å². The van der Waals surface area contributed by atoms with E-state index in [1.165, 1.54) is 0 Å². The van der Waals surface area contributed by atoms with Gasteiger partial charge in [-0.05, 0) is 36.8 Å². The summed E-state index contributed by atoms with van der Waals surface area (Å²) in [5, 5.41) is 8.05. The van der Waals surface area contributed by atoms with E-state index in [1.54, 1.807) is 12.4 Å². The van der Waals surface area contributed by atoms with Crippen LogP contribution in [0.5, 0.6) is 0 Å². The average molecular weight is 322 g/mol. The zero-order valence-electron chi connectivity index (χ0n) is 13.4. The van der Waals surface area contributed by atoms with Crippen LogP contribution in [0, 0.1) is 6.92 Å². The van der Waals surface area contributed by atoms with Crippen molar-refractivity contribution in [2.75, 3.05) is 19.8 Å². The molecule has 0 aliphatic carbocycles. The molecule has 1 atom stereocenters. The van der Waals surface area contributed by atoms with Crippen molar-refractivity contribution in [3.05, 3.63) is 59.5 Å². The number of carbonyl (C=O) groups is 1. The third-order valence-corrected chi connectivity index (χ3v) is 4.44. The number of rotatable bonds is 2. The standard InChI is InChI=1S/C18H18N4O2/c1-12-10-20-21-17(12)16-11-24-8-7-22(16)18(23)14-4-5-15-13(9-14)3-2-6-19-15/h2-6,9-10,16H,7-8,11H2,1H3,(H,20,21)/t16-/m0/s1. The number of morpholine rings is 1. The van der Waals surface area contributed by atoms with Crippen LogP contribution in [0.2, 0.25) is 0 Å². The number of hydrogen-bond donors (Lipinski definition) is 1. The van der Waals surface area contributed by atoms with Gasteiger partial charge in [0.2, 0.25) is 0 Å². The lowest BCUT2D eigenvalue weighted by atomic mass is 10.1. The molecule has 1 aromatic carbocycles. The summed E-state index contributed by atoms with van der Waals surface area (Å²) in [6, 6.07) is 9.33. The number of fused-ring (bicyclic) bond motifs is 1. The molecule has 3 heterocycles. The van der Waals surface area contributed by atoms with Crippen molar-refractivity contribution in [2.24, 2.45) is 0 Å². The Morgan fingerprint density at radius 2 is 2.29 bits per heavy atom. The van der Waals surface area contributed by atoms with Gasteiger partial charge in [-0.3, -0.25) is 14.9 Å². The minimum absolute atomic E-state index is 0.00283. The predicted octanol–water partition coefficient (Wildman–Crippen LogP) is 2.48. The zero-order valence-corrected chi connectivity index (χ0v) is 13.4. The predicted molar refractivity (Wildman–Crippen MR) is 89.7 cm³/mol. The summed E-state index contributed by atoms with van der Waals surface area (Å²) < 4.78 is 5.60. The second kappa shape index (κ2) is 6.05. The van der Waals surface area contributed by atoms with Gasteiger partial charge in [0.05, 0.1) is 36.7 Å². The molecular weight excluding hydrogens is 304 g/mol. The highest BCUT2D eigenvalue weighted by molar-refractivity contribution is 5.98. The Balaban J connectivity index is 1.69. The van der Waals surface area contributed by atoms with Crippen molar-refractivity contribution >= 4 is 16.8 Å². The lowest BCUT2D eigenvalue weighted by Crippen LogP contribution is -2.43. The fraction of sp³-hybridized carbons (Fsp3) is 0.278. The Bertz CT molecular complexity index is 889. The number of nitrogens with one attached hydrogen (secondary N) is 1. The summed E-state index contributed by atoms with van der Waals surface area (Å²) in [5.74, 6) is 0.00283. The monoisotopic (exact) mass is 322 g/mol. The topological polar surface area (TPSA) is 71.1 Å². The van der Waals surface area contributed by atoms with Crippen LogP contribution < -0.4 is 0 Å². The lowest BCUT2D eigenvalue weighted by molar-refractivity contribution is -0.00406. The number of H-pyrrole nitrogens is 1. The average Bonchev–Trinajstić information content (AvgIpc) is 3.06. The Morgan fingerprint density at radius 1 is 1.38 bits per heavy atom. The number of carbonyl (C=O) groups excluding carboxylic acids is 1. The molecule has 0 radical (unpaired) electrons. The van der Waals surface area contributed by atoms with E-state index in [1.807, 2.05) is 42.2 Å². The molecule has 1 N–H and O–H groups in total. The first-order valence-corrected chi connectivity index (χ1v) is 7.97. The number of aryl methyl sites for hydroxylation is 1. The minimum atomic E-state index is -0.140. The smallest absolute Gasteiger partial charge is 0.254 e. The molecule has 0 saturated carbocycles. The number of benzene rings is 1. The van der Waals surface area contributed by atoms with Crippen molar-refractivity contribution in [1.82, 2.24) is 20.1 Å². The van der Waals surface area contributed by atoms with Gasteiger partial charge < -0.3 is 9.64 Å². The van der Waals surface area contributed by atoms with E-state index in [2.05, 4.69) is 15.2 Å². The molecule has 0 bridgehead atoms. The number of aromatic amines is 1. The molecule has 1 saturated heterocycles. The van der Waals surface area contributed by atoms with Crippen molar-refractivity contribution in [2.45, 2.75) is 13.0 Å². The third-order valence-electron chi connectivity index (χ3n) is 4.44. The van der Waals surface area contributed by atoms with E-state index in [-0.39, 0.29) is 11.9 Å². The van der Waals surface area contributed by atoms with Gasteiger partial charge in [0.15, 0.2) is 0 Å². The third kappa shape index (κ3) is 2.55. The summed E-state index contributed by atoms with van der Waals surface area (Å²) in [6.07, 6.45) is 3.52. The Labute approximate surface area is 139 Å². The quantitative estimate of drug-likeness (QED) is 0.787. The van der Waals surface area contributed by atoms with Gasteiger partial charge in [-0.1, -0.05) is 6.07 Å². The van der Waals surface area contributed by atoms with Gasteiger partial charge in [0, 0.05) is 23.7 Å². The van der Waals surface area contributed by atoms with E-state index in [9.17, 15) is 4.79 Å². The Morgan fingerprint density at radius 3 is 3.12 bits per heavy atom. The summed E-state index contributed by atoms with van der Waals surface area (Å²) >= 11 is 0. The number of aromatic nitrogens is 3. The van der Waals surface area contributed by atoms with Gasteiger partial charge in [-0.25, -0.2) is 0 Å². The first kappa shape index (κ1) is 14.8. The van der Waals surface area contributed by atoms with E-state index in [4.69, 9.17) is 4.74 Å². The van der Waals surface area contributed by atoms with Crippen molar-refractivity contribution < 1.29 is 9.53 Å². The van der Waals surface area contributed by atoms with Crippen LogP contribution in [-0.4, -0.2) is 45.7 Å². The zero-order chi connectivity index (χ0) is 16.5. The van der Waals surface area contributed by atoms with Gasteiger partial charge >= 0.3 is 0 Å². The number of pyridine rings is 1. The summed E-state index contributed by atoms with van der Waals surface area (Å²) in [7, 11) is 0. The largest absolute Gasteiger partial charge is 0.377 e. The lowest BCUT2D eigenvalue weighted by Gasteiger charge is -2.35. The maximum atomic E-state index is 13.1. The highest BCUT2D eigenvalue weighted by atomic mass is 16.5. The van der Waals surface area contributed by atoms with Crippen LogP contribution in [0.3, 0.4) is 0 Å². The number of ether oxygens (including phenoxy) is 1. The maximum absolute atomic E-state index is 13.1. The molecule has 0 unspecified atom stereocenters. The molecule has 2 aromatic heterocycles. The highest BCUT2D eigenvalue weighted by Crippen LogP contribution is 2.27.